The quantitative estimate of drug-likeness (QED) is 0.477. The molecular formula is C22H18F2N4O3. The van der Waals surface area contributed by atoms with Gasteiger partial charge in [-0.25, -0.2) is 8.78 Å². The molecule has 0 fully saturated rings. The lowest BCUT2D eigenvalue weighted by molar-refractivity contribution is 0.101. The molecule has 0 aliphatic heterocycles. The maximum absolute atomic E-state index is 13.8. The highest BCUT2D eigenvalue weighted by Crippen LogP contribution is 2.22. The number of aryl methyl sites for hydroxylation is 1. The summed E-state index contributed by atoms with van der Waals surface area (Å²) in [5.41, 5.74) is 1.92. The number of amides is 1. The third-order valence-corrected chi connectivity index (χ3v) is 4.55. The van der Waals surface area contributed by atoms with E-state index in [0.717, 1.165) is 17.7 Å². The largest absolute Gasteiger partial charge is 0.486 e. The molecule has 2 aromatic heterocycles. The molecular weight excluding hydrogens is 406 g/mol. The zero-order chi connectivity index (χ0) is 21.8. The highest BCUT2D eigenvalue weighted by Gasteiger charge is 2.21. The van der Waals surface area contributed by atoms with Gasteiger partial charge < -0.3 is 14.6 Å². The zero-order valence-corrected chi connectivity index (χ0v) is 16.5. The molecule has 0 radical (unpaired) electrons. The van der Waals surface area contributed by atoms with Crippen molar-refractivity contribution in [3.8, 4) is 5.75 Å². The molecule has 0 atom stereocenters. The first-order valence-corrected chi connectivity index (χ1v) is 9.40. The number of nitrogens with one attached hydrogen (secondary N) is 1. The van der Waals surface area contributed by atoms with Gasteiger partial charge in [0.05, 0.1) is 12.1 Å². The number of rotatable bonds is 7. The number of carbonyl (C=O) groups excluding carboxylic acids is 1. The molecule has 9 heteroatoms. The van der Waals surface area contributed by atoms with E-state index in [1.807, 2.05) is 30.5 Å². The molecule has 31 heavy (non-hydrogen) atoms. The van der Waals surface area contributed by atoms with Crippen LogP contribution in [0.25, 0.3) is 0 Å². The number of hydrogen-bond donors (Lipinski definition) is 1. The van der Waals surface area contributed by atoms with Gasteiger partial charge in [0.1, 0.15) is 18.2 Å². The van der Waals surface area contributed by atoms with Crippen LogP contribution >= 0.6 is 0 Å². The summed E-state index contributed by atoms with van der Waals surface area (Å²) >= 11 is 0. The van der Waals surface area contributed by atoms with Gasteiger partial charge in [-0.15, -0.1) is 0 Å². The Hall–Kier alpha value is -4.01. The van der Waals surface area contributed by atoms with E-state index in [2.05, 4.69) is 15.6 Å². The van der Waals surface area contributed by atoms with Crippen LogP contribution in [-0.4, -0.2) is 20.8 Å². The van der Waals surface area contributed by atoms with Crippen molar-refractivity contribution in [2.45, 2.75) is 20.1 Å². The SMILES string of the molecule is Cc1onc(C(=O)Nc2cccc(Cn3cccn3)c2)c1COc1ccc(F)cc1F. The van der Waals surface area contributed by atoms with E-state index in [1.165, 1.54) is 6.07 Å². The summed E-state index contributed by atoms with van der Waals surface area (Å²) in [6.07, 6.45) is 3.54. The van der Waals surface area contributed by atoms with Gasteiger partial charge in [-0.2, -0.15) is 5.10 Å². The Labute approximate surface area is 176 Å². The molecule has 1 amide bonds. The first-order valence-electron chi connectivity index (χ1n) is 9.40. The summed E-state index contributed by atoms with van der Waals surface area (Å²) in [7, 11) is 0. The molecule has 0 bridgehead atoms. The Morgan fingerprint density at radius 3 is 2.84 bits per heavy atom. The molecule has 0 aliphatic rings. The number of benzene rings is 2. The molecule has 158 valence electrons. The molecule has 7 nitrogen and oxygen atoms in total. The van der Waals surface area contributed by atoms with Crippen molar-refractivity contribution in [3.63, 3.8) is 0 Å². The number of anilines is 1. The fraction of sp³-hybridized carbons (Fsp3) is 0.136. The van der Waals surface area contributed by atoms with E-state index < -0.39 is 17.5 Å². The molecule has 1 N–H and O–H groups in total. The molecule has 0 spiro atoms. The molecule has 2 heterocycles. The smallest absolute Gasteiger partial charge is 0.278 e. The van der Waals surface area contributed by atoms with Crippen LogP contribution in [0.1, 0.15) is 27.4 Å². The van der Waals surface area contributed by atoms with Crippen molar-refractivity contribution in [2.24, 2.45) is 0 Å². The van der Waals surface area contributed by atoms with Crippen LogP contribution in [0.4, 0.5) is 14.5 Å². The lowest BCUT2D eigenvalue weighted by Crippen LogP contribution is -2.15. The fourth-order valence-electron chi connectivity index (χ4n) is 3.00. The lowest BCUT2D eigenvalue weighted by Gasteiger charge is -2.09. The van der Waals surface area contributed by atoms with E-state index in [-0.39, 0.29) is 18.1 Å². The normalized spacial score (nSPS) is 10.8. The molecule has 4 rings (SSSR count). The summed E-state index contributed by atoms with van der Waals surface area (Å²) < 4.78 is 39.2. The number of halogens is 2. The second-order valence-corrected chi connectivity index (χ2v) is 6.79. The maximum atomic E-state index is 13.8. The first kappa shape index (κ1) is 20.3. The van der Waals surface area contributed by atoms with Gasteiger partial charge >= 0.3 is 0 Å². The summed E-state index contributed by atoms with van der Waals surface area (Å²) in [5.74, 6) is -1.82. The number of hydrogen-bond acceptors (Lipinski definition) is 5. The van der Waals surface area contributed by atoms with Gasteiger partial charge in [-0.1, -0.05) is 17.3 Å². The van der Waals surface area contributed by atoms with Crippen molar-refractivity contribution in [1.29, 1.82) is 0 Å². The predicted molar refractivity (Wildman–Crippen MR) is 108 cm³/mol. The van der Waals surface area contributed by atoms with Crippen LogP contribution in [0.5, 0.6) is 5.75 Å². The number of carbonyl (C=O) groups is 1. The van der Waals surface area contributed by atoms with Crippen molar-refractivity contribution in [1.82, 2.24) is 14.9 Å². The van der Waals surface area contributed by atoms with Crippen LogP contribution in [0.3, 0.4) is 0 Å². The van der Waals surface area contributed by atoms with Crippen LogP contribution in [-0.2, 0) is 13.2 Å². The number of ether oxygens (including phenoxy) is 1. The maximum Gasteiger partial charge on any atom is 0.278 e. The van der Waals surface area contributed by atoms with E-state index in [0.29, 0.717) is 23.6 Å². The molecule has 4 aromatic rings. The van der Waals surface area contributed by atoms with Crippen LogP contribution < -0.4 is 10.1 Å². The Balaban J connectivity index is 1.47. The predicted octanol–water partition coefficient (Wildman–Crippen LogP) is 4.34. The Kier molecular flexibility index (Phi) is 5.74. The lowest BCUT2D eigenvalue weighted by atomic mass is 10.1. The fourth-order valence-corrected chi connectivity index (χ4v) is 3.00. The molecule has 0 saturated heterocycles. The summed E-state index contributed by atoms with van der Waals surface area (Å²) in [6.45, 7) is 2.01. The average molecular weight is 424 g/mol. The molecule has 2 aromatic carbocycles. The van der Waals surface area contributed by atoms with Crippen LogP contribution in [0.15, 0.2) is 65.4 Å². The van der Waals surface area contributed by atoms with E-state index >= 15 is 0 Å². The summed E-state index contributed by atoms with van der Waals surface area (Å²) in [4.78, 5) is 12.8. The third kappa shape index (κ3) is 4.77. The van der Waals surface area contributed by atoms with E-state index in [9.17, 15) is 13.6 Å². The highest BCUT2D eigenvalue weighted by molar-refractivity contribution is 6.03. The van der Waals surface area contributed by atoms with Gasteiger partial charge in [0.2, 0.25) is 0 Å². The monoisotopic (exact) mass is 424 g/mol. The second kappa shape index (κ2) is 8.78. The minimum atomic E-state index is -0.839. The second-order valence-electron chi connectivity index (χ2n) is 6.79. The topological polar surface area (TPSA) is 82.2 Å². The Bertz CT molecular complexity index is 1210. The van der Waals surface area contributed by atoms with E-state index in [1.54, 1.807) is 23.9 Å². The van der Waals surface area contributed by atoms with Crippen molar-refractivity contribution < 1.29 is 22.8 Å². The number of aromatic nitrogens is 3. The van der Waals surface area contributed by atoms with Gasteiger partial charge in [0.25, 0.3) is 5.91 Å². The zero-order valence-electron chi connectivity index (χ0n) is 16.5. The van der Waals surface area contributed by atoms with Gasteiger partial charge in [0, 0.05) is 24.1 Å². The van der Waals surface area contributed by atoms with Gasteiger partial charge in [-0.3, -0.25) is 9.48 Å². The van der Waals surface area contributed by atoms with Crippen LogP contribution in [0, 0.1) is 18.6 Å². The summed E-state index contributed by atoms with van der Waals surface area (Å²) in [6, 6.07) is 12.1. The minimum Gasteiger partial charge on any atom is -0.486 e. The Morgan fingerprint density at radius 2 is 2.06 bits per heavy atom. The van der Waals surface area contributed by atoms with E-state index in [4.69, 9.17) is 9.26 Å². The average Bonchev–Trinajstić information content (AvgIpc) is 3.37. The third-order valence-electron chi connectivity index (χ3n) is 4.55. The highest BCUT2D eigenvalue weighted by atomic mass is 19.1. The van der Waals surface area contributed by atoms with Crippen molar-refractivity contribution >= 4 is 11.6 Å². The van der Waals surface area contributed by atoms with Crippen molar-refractivity contribution in [3.05, 3.63) is 95.1 Å². The van der Waals surface area contributed by atoms with Crippen LogP contribution in [0.2, 0.25) is 0 Å². The molecule has 0 aliphatic carbocycles. The first-order chi connectivity index (χ1) is 15.0. The molecule has 0 unspecified atom stereocenters. The minimum absolute atomic E-state index is 0.0255. The van der Waals surface area contributed by atoms with Crippen molar-refractivity contribution in [2.75, 3.05) is 5.32 Å². The molecule has 0 saturated carbocycles. The Morgan fingerprint density at radius 1 is 1.19 bits per heavy atom. The van der Waals surface area contributed by atoms with Gasteiger partial charge in [-0.05, 0) is 42.8 Å². The number of nitrogens with zero attached hydrogens (tertiary/aromatic N) is 3. The summed E-state index contributed by atoms with van der Waals surface area (Å²) in [5, 5.41) is 10.8. The van der Waals surface area contributed by atoms with Gasteiger partial charge in [0.15, 0.2) is 17.3 Å². The standard InChI is InChI=1S/C22H18F2N4O3/c1-14-18(13-30-20-7-6-16(23)11-19(20)24)21(27-31-14)22(29)26-17-5-2-4-15(10-17)12-28-9-3-8-25-28/h2-11H,12-13H2,1H3,(H,26,29).